The maximum Gasteiger partial charge on any atom is 0.121 e. The summed E-state index contributed by atoms with van der Waals surface area (Å²) in [5.41, 5.74) is 4.44. The molecule has 0 unspecified atom stereocenters. The van der Waals surface area contributed by atoms with Gasteiger partial charge in [-0.2, -0.15) is 0 Å². The highest BCUT2D eigenvalue weighted by molar-refractivity contribution is 7.10. The van der Waals surface area contributed by atoms with Crippen molar-refractivity contribution in [3.8, 4) is 11.5 Å². The van der Waals surface area contributed by atoms with Gasteiger partial charge in [-0.05, 0) is 35.7 Å². The summed E-state index contributed by atoms with van der Waals surface area (Å²) in [7, 11) is 0. The molecule has 5 heteroatoms. The lowest BCUT2D eigenvalue weighted by Gasteiger charge is -2.12. The first-order chi connectivity index (χ1) is 14.1. The summed E-state index contributed by atoms with van der Waals surface area (Å²) in [6.07, 6.45) is 0.940. The van der Waals surface area contributed by atoms with Crippen LogP contribution in [0.2, 0.25) is 0 Å². The van der Waals surface area contributed by atoms with E-state index in [1.807, 2.05) is 47.8 Å². The number of hydrogen-bond donors (Lipinski definition) is 3. The Morgan fingerprint density at radius 1 is 0.966 bits per heavy atom. The molecule has 150 valence electrons. The van der Waals surface area contributed by atoms with Crippen molar-refractivity contribution in [3.63, 3.8) is 0 Å². The average molecular weight is 409 g/mol. The molecule has 1 aromatic heterocycles. The minimum absolute atomic E-state index is 0.0677. The van der Waals surface area contributed by atoms with Crippen LogP contribution in [0.4, 0.5) is 0 Å². The van der Waals surface area contributed by atoms with Crippen LogP contribution in [-0.2, 0) is 0 Å². The Morgan fingerprint density at radius 2 is 1.72 bits per heavy atom. The van der Waals surface area contributed by atoms with Crippen molar-refractivity contribution in [2.75, 3.05) is 6.61 Å². The lowest BCUT2D eigenvalue weighted by molar-refractivity contribution is 0.176. The van der Waals surface area contributed by atoms with Crippen LogP contribution in [0, 0.1) is 0 Å². The van der Waals surface area contributed by atoms with Crippen LogP contribution in [0.5, 0.6) is 11.5 Å². The highest BCUT2D eigenvalue weighted by atomic mass is 32.1. The first kappa shape index (κ1) is 20.9. The van der Waals surface area contributed by atoms with Gasteiger partial charge < -0.3 is 20.1 Å². The monoisotopic (exact) mass is 408 g/mol. The fraction of sp³-hybridized carbons (Fsp3) is 0.208. The molecule has 0 fully saturated rings. The molecule has 0 aliphatic carbocycles. The Kier molecular flexibility index (Phi) is 7.68. The molecule has 0 aliphatic rings. The molecule has 0 bridgehead atoms. The second-order valence-electron chi connectivity index (χ2n) is 6.60. The number of rotatable bonds is 9. The van der Waals surface area contributed by atoms with Gasteiger partial charge in [0.1, 0.15) is 18.1 Å². The first-order valence-corrected chi connectivity index (χ1v) is 10.3. The lowest BCUT2D eigenvalue weighted by atomic mass is 10.0. The van der Waals surface area contributed by atoms with E-state index in [1.165, 1.54) is 11.3 Å². The number of hydrogen-bond acceptors (Lipinski definition) is 5. The molecular weight excluding hydrogens is 384 g/mol. The fourth-order valence-electron chi connectivity index (χ4n) is 2.87. The van der Waals surface area contributed by atoms with Gasteiger partial charge >= 0.3 is 0 Å². The van der Waals surface area contributed by atoms with Crippen molar-refractivity contribution in [2.24, 2.45) is 0 Å². The van der Waals surface area contributed by atoms with Gasteiger partial charge in [-0.3, -0.25) is 0 Å². The lowest BCUT2D eigenvalue weighted by Crippen LogP contribution is -2.05. The SMILES string of the molecule is Oc1ccccc1[C@H](O)CC=C=C(COc1ccccc1)C[C@@H](O)c1cccs1. The zero-order valence-corrected chi connectivity index (χ0v) is 16.8. The van der Waals surface area contributed by atoms with Crippen molar-refractivity contribution in [3.05, 3.63) is 99.9 Å². The molecule has 0 radical (unpaired) electrons. The minimum atomic E-state index is -0.831. The molecule has 1 heterocycles. The maximum absolute atomic E-state index is 10.5. The number of aliphatic hydroxyl groups excluding tert-OH is 2. The van der Waals surface area contributed by atoms with Crippen molar-refractivity contribution in [1.29, 1.82) is 0 Å². The summed E-state index contributed by atoms with van der Waals surface area (Å²) in [4.78, 5) is 0.887. The summed E-state index contributed by atoms with van der Waals surface area (Å²) in [5.74, 6) is 0.810. The Hall–Kier alpha value is -2.82. The quantitative estimate of drug-likeness (QED) is 0.428. The third-order valence-corrected chi connectivity index (χ3v) is 5.38. The fourth-order valence-corrected chi connectivity index (χ4v) is 3.58. The standard InChI is InChI=1S/C24H24O4S/c25-21-12-5-4-11-20(21)22(26)13-6-8-18(16-23(27)24-14-7-15-29-24)17-28-19-9-2-1-3-10-19/h1-7,9-12,14-15,22-23,25-27H,13,16-17H2/t8?,22-,23-/m1/s1. The van der Waals surface area contributed by atoms with E-state index in [2.05, 4.69) is 5.73 Å². The van der Waals surface area contributed by atoms with Gasteiger partial charge in [-0.1, -0.05) is 42.5 Å². The van der Waals surface area contributed by atoms with Crippen molar-refractivity contribution >= 4 is 11.3 Å². The molecule has 3 aromatic rings. The van der Waals surface area contributed by atoms with Gasteiger partial charge in [0.25, 0.3) is 0 Å². The predicted octanol–water partition coefficient (Wildman–Crippen LogP) is 5.16. The van der Waals surface area contributed by atoms with Crippen LogP contribution in [0.1, 0.15) is 35.5 Å². The smallest absolute Gasteiger partial charge is 0.121 e. The molecule has 2 atom stereocenters. The number of phenols is 1. The zero-order chi connectivity index (χ0) is 20.5. The molecule has 4 nitrogen and oxygen atoms in total. The van der Waals surface area contributed by atoms with Gasteiger partial charge in [0.2, 0.25) is 0 Å². The molecule has 2 aromatic carbocycles. The van der Waals surface area contributed by atoms with Crippen LogP contribution in [0.15, 0.2) is 89.5 Å². The Morgan fingerprint density at radius 3 is 2.45 bits per heavy atom. The van der Waals surface area contributed by atoms with Crippen molar-refractivity contribution < 1.29 is 20.1 Å². The van der Waals surface area contributed by atoms with Crippen LogP contribution in [-0.4, -0.2) is 21.9 Å². The topological polar surface area (TPSA) is 69.9 Å². The zero-order valence-electron chi connectivity index (χ0n) is 15.9. The summed E-state index contributed by atoms with van der Waals surface area (Å²) >= 11 is 1.51. The molecule has 0 spiro atoms. The summed E-state index contributed by atoms with van der Waals surface area (Å²) in [6.45, 7) is 0.287. The molecule has 3 N–H and O–H groups in total. The molecular formula is C24H24O4S. The van der Waals surface area contributed by atoms with Gasteiger partial charge in [0.15, 0.2) is 0 Å². The Bertz CT molecular complexity index is 944. The summed E-state index contributed by atoms with van der Waals surface area (Å²) < 4.78 is 5.82. The minimum Gasteiger partial charge on any atom is -0.508 e. The highest BCUT2D eigenvalue weighted by Crippen LogP contribution is 2.27. The van der Waals surface area contributed by atoms with E-state index in [0.717, 1.165) is 16.2 Å². The van der Waals surface area contributed by atoms with E-state index in [4.69, 9.17) is 4.74 Å². The number of aliphatic hydroxyl groups is 2. The van der Waals surface area contributed by atoms with Gasteiger partial charge in [-0.25, -0.2) is 0 Å². The molecule has 29 heavy (non-hydrogen) atoms. The first-order valence-electron chi connectivity index (χ1n) is 9.41. The highest BCUT2D eigenvalue weighted by Gasteiger charge is 2.13. The number of phenolic OH excluding ortho intramolecular Hbond substituents is 1. The number of thiophene rings is 1. The van der Waals surface area contributed by atoms with Gasteiger partial charge in [0, 0.05) is 28.9 Å². The second-order valence-corrected chi connectivity index (χ2v) is 7.58. The molecule has 0 aliphatic heterocycles. The van der Waals surface area contributed by atoms with E-state index in [1.54, 1.807) is 30.3 Å². The van der Waals surface area contributed by atoms with E-state index in [9.17, 15) is 15.3 Å². The number of ether oxygens (including phenoxy) is 1. The van der Waals surface area contributed by atoms with E-state index in [-0.39, 0.29) is 12.4 Å². The molecule has 3 rings (SSSR count). The second kappa shape index (κ2) is 10.6. The maximum atomic E-state index is 10.5. The molecule has 0 saturated carbocycles. The van der Waals surface area contributed by atoms with E-state index >= 15 is 0 Å². The Labute approximate surface area is 174 Å². The largest absolute Gasteiger partial charge is 0.508 e. The average Bonchev–Trinajstić information content (AvgIpc) is 3.28. The van der Waals surface area contributed by atoms with Crippen LogP contribution in [0.3, 0.4) is 0 Å². The van der Waals surface area contributed by atoms with Crippen LogP contribution < -0.4 is 4.74 Å². The summed E-state index contributed by atoms with van der Waals surface area (Å²) in [5, 5.41) is 32.6. The van der Waals surface area contributed by atoms with E-state index < -0.39 is 12.2 Å². The molecule has 0 saturated heterocycles. The number of aromatic hydroxyl groups is 1. The molecule has 0 amide bonds. The summed E-state index contributed by atoms with van der Waals surface area (Å²) in [6, 6.07) is 20.0. The van der Waals surface area contributed by atoms with Gasteiger partial charge in [-0.15, -0.1) is 17.1 Å². The Balaban J connectivity index is 1.71. The number of para-hydroxylation sites is 2. The third-order valence-electron chi connectivity index (χ3n) is 4.41. The van der Waals surface area contributed by atoms with Crippen LogP contribution in [0.25, 0.3) is 0 Å². The third kappa shape index (κ3) is 6.34. The van der Waals surface area contributed by atoms with E-state index in [0.29, 0.717) is 18.4 Å². The predicted molar refractivity (Wildman–Crippen MR) is 115 cm³/mol. The normalized spacial score (nSPS) is 12.6. The number of benzene rings is 2. The van der Waals surface area contributed by atoms with Crippen molar-refractivity contribution in [1.82, 2.24) is 0 Å². The van der Waals surface area contributed by atoms with Crippen LogP contribution >= 0.6 is 11.3 Å². The van der Waals surface area contributed by atoms with Crippen molar-refractivity contribution in [2.45, 2.75) is 25.0 Å². The van der Waals surface area contributed by atoms with Gasteiger partial charge in [0.05, 0.1) is 12.2 Å².